The van der Waals surface area contributed by atoms with Gasteiger partial charge in [-0.3, -0.25) is 9.48 Å². The monoisotopic (exact) mass is 357 g/mol. The predicted octanol–water partition coefficient (Wildman–Crippen LogP) is 3.36. The van der Waals surface area contributed by atoms with Crippen LogP contribution in [-0.2, 0) is 11.8 Å². The lowest BCUT2D eigenvalue weighted by Gasteiger charge is -2.12. The molecular weight excluding hydrogens is 342 g/mol. The van der Waals surface area contributed by atoms with Gasteiger partial charge in [-0.15, -0.1) is 0 Å². The Balaban J connectivity index is 1.78. The van der Waals surface area contributed by atoms with Crippen molar-refractivity contribution >= 4 is 34.4 Å². The summed E-state index contributed by atoms with van der Waals surface area (Å²) < 4.78 is 6.94. The third-order valence-corrected chi connectivity index (χ3v) is 4.13. The minimum atomic E-state index is -0.917. The van der Waals surface area contributed by atoms with Gasteiger partial charge in [0.2, 0.25) is 5.78 Å². The number of pyridine rings is 1. The average Bonchev–Trinajstić information content (AvgIpc) is 2.88. The van der Waals surface area contributed by atoms with Gasteiger partial charge in [-0.25, -0.2) is 9.78 Å². The number of ether oxygens (including phenoxy) is 1. The van der Waals surface area contributed by atoms with Crippen LogP contribution in [0.3, 0.4) is 0 Å². The molecule has 2 aromatic heterocycles. The number of halogens is 1. The number of hydrogen-bond donors (Lipinski definition) is 0. The van der Waals surface area contributed by atoms with E-state index < -0.39 is 12.1 Å². The van der Waals surface area contributed by atoms with Crippen molar-refractivity contribution in [3.05, 3.63) is 58.4 Å². The molecule has 0 saturated carbocycles. The van der Waals surface area contributed by atoms with Crippen LogP contribution in [0.4, 0.5) is 0 Å². The first-order valence-corrected chi connectivity index (χ1v) is 8.04. The third-order valence-electron chi connectivity index (χ3n) is 3.88. The highest BCUT2D eigenvalue weighted by molar-refractivity contribution is 6.30. The zero-order valence-corrected chi connectivity index (χ0v) is 14.7. The van der Waals surface area contributed by atoms with Crippen LogP contribution in [0.5, 0.6) is 0 Å². The minimum Gasteiger partial charge on any atom is -0.451 e. The van der Waals surface area contributed by atoms with Gasteiger partial charge in [-0.1, -0.05) is 11.6 Å². The van der Waals surface area contributed by atoms with Crippen LogP contribution in [0, 0.1) is 6.92 Å². The first kappa shape index (κ1) is 17.1. The zero-order valence-electron chi connectivity index (χ0n) is 14.0. The van der Waals surface area contributed by atoms with E-state index >= 15 is 0 Å². The van der Waals surface area contributed by atoms with Crippen LogP contribution in [0.2, 0.25) is 5.02 Å². The molecule has 0 bridgehead atoms. The van der Waals surface area contributed by atoms with Crippen molar-refractivity contribution in [1.29, 1.82) is 0 Å². The molecule has 3 rings (SSSR count). The lowest BCUT2D eigenvalue weighted by molar-refractivity contribution is 0.0318. The second-order valence-electron chi connectivity index (χ2n) is 5.72. The van der Waals surface area contributed by atoms with Gasteiger partial charge in [0.25, 0.3) is 0 Å². The van der Waals surface area contributed by atoms with Crippen molar-refractivity contribution in [3.8, 4) is 0 Å². The van der Waals surface area contributed by atoms with Gasteiger partial charge in [-0.2, -0.15) is 5.10 Å². The summed E-state index contributed by atoms with van der Waals surface area (Å²) in [6.45, 7) is 3.38. The zero-order chi connectivity index (χ0) is 18.1. The predicted molar refractivity (Wildman–Crippen MR) is 93.9 cm³/mol. The van der Waals surface area contributed by atoms with E-state index in [1.807, 2.05) is 6.92 Å². The molecule has 0 unspecified atom stereocenters. The van der Waals surface area contributed by atoms with Crippen molar-refractivity contribution in [1.82, 2.24) is 14.8 Å². The molecule has 2 heterocycles. The van der Waals surface area contributed by atoms with Gasteiger partial charge in [0.1, 0.15) is 0 Å². The maximum absolute atomic E-state index is 12.3. The highest BCUT2D eigenvalue weighted by atomic mass is 35.5. The molecule has 1 aromatic carbocycles. The van der Waals surface area contributed by atoms with Crippen molar-refractivity contribution < 1.29 is 14.3 Å². The Bertz CT molecular complexity index is 964. The number of carbonyl (C=O) groups excluding carboxylic acids is 2. The number of Topliss-reactive ketones (excluding diaryl/α,β-unsaturated/α-hetero) is 1. The molecule has 0 amide bonds. The number of esters is 1. The fourth-order valence-corrected chi connectivity index (χ4v) is 2.68. The van der Waals surface area contributed by atoms with E-state index in [2.05, 4.69) is 10.1 Å². The van der Waals surface area contributed by atoms with E-state index in [0.29, 0.717) is 16.2 Å². The van der Waals surface area contributed by atoms with Gasteiger partial charge in [0, 0.05) is 29.2 Å². The normalized spacial score (nSPS) is 12.2. The van der Waals surface area contributed by atoms with Crippen LogP contribution in [-0.4, -0.2) is 32.6 Å². The molecule has 0 radical (unpaired) electrons. The molecule has 0 saturated heterocycles. The van der Waals surface area contributed by atoms with E-state index in [0.717, 1.165) is 11.1 Å². The molecule has 3 aromatic rings. The second-order valence-corrected chi connectivity index (χ2v) is 6.16. The topological polar surface area (TPSA) is 74.1 Å². The molecular formula is C18H16ClN3O3. The van der Waals surface area contributed by atoms with Crippen LogP contribution in [0.15, 0.2) is 36.5 Å². The lowest BCUT2D eigenvalue weighted by atomic mass is 10.1. The standard InChI is InChI=1S/C18H16ClN3O3/c1-10-15-8-13(9-20-17(15)22(3)21-10)18(24)25-11(2)16(23)12-4-6-14(19)7-5-12/h4-9,11H,1-3H3/t11-/m1/s1. The molecule has 1 atom stereocenters. The second kappa shape index (κ2) is 6.64. The maximum atomic E-state index is 12.3. The smallest absolute Gasteiger partial charge is 0.340 e. The summed E-state index contributed by atoms with van der Waals surface area (Å²) in [6, 6.07) is 8.11. The molecule has 0 aliphatic carbocycles. The number of aromatic nitrogens is 3. The Kier molecular flexibility index (Phi) is 4.55. The van der Waals surface area contributed by atoms with Crippen molar-refractivity contribution in [3.63, 3.8) is 0 Å². The first-order valence-electron chi connectivity index (χ1n) is 7.67. The van der Waals surface area contributed by atoms with Crippen LogP contribution >= 0.6 is 11.6 Å². The van der Waals surface area contributed by atoms with Crippen LogP contribution in [0.25, 0.3) is 11.0 Å². The summed E-state index contributed by atoms with van der Waals surface area (Å²) in [4.78, 5) is 28.9. The fourth-order valence-electron chi connectivity index (χ4n) is 2.55. The Morgan fingerprint density at radius 2 is 1.88 bits per heavy atom. The first-order chi connectivity index (χ1) is 11.9. The largest absolute Gasteiger partial charge is 0.451 e. The Morgan fingerprint density at radius 3 is 2.56 bits per heavy atom. The number of carbonyl (C=O) groups is 2. The fraction of sp³-hybridized carbons (Fsp3) is 0.222. The van der Waals surface area contributed by atoms with Gasteiger partial charge < -0.3 is 4.74 Å². The molecule has 0 aliphatic heterocycles. The average molecular weight is 358 g/mol. The quantitative estimate of drug-likeness (QED) is 0.528. The molecule has 25 heavy (non-hydrogen) atoms. The summed E-state index contributed by atoms with van der Waals surface area (Å²) in [6.07, 6.45) is 0.505. The number of aryl methyl sites for hydroxylation is 2. The summed E-state index contributed by atoms with van der Waals surface area (Å²) >= 11 is 5.81. The summed E-state index contributed by atoms with van der Waals surface area (Å²) in [5, 5.41) is 5.57. The number of benzene rings is 1. The summed E-state index contributed by atoms with van der Waals surface area (Å²) in [7, 11) is 1.78. The minimum absolute atomic E-state index is 0.277. The summed E-state index contributed by atoms with van der Waals surface area (Å²) in [5.41, 5.74) is 2.16. The van der Waals surface area contributed by atoms with Gasteiger partial charge in [0.15, 0.2) is 11.8 Å². The van der Waals surface area contributed by atoms with E-state index in [1.165, 1.54) is 13.1 Å². The van der Waals surface area contributed by atoms with E-state index in [1.54, 1.807) is 42.1 Å². The van der Waals surface area contributed by atoms with Gasteiger partial charge >= 0.3 is 5.97 Å². The SMILES string of the molecule is Cc1nn(C)c2ncc(C(=O)O[C@H](C)C(=O)c3ccc(Cl)cc3)cc12. The Hall–Kier alpha value is -2.73. The number of nitrogens with zero attached hydrogens (tertiary/aromatic N) is 3. The molecule has 0 spiro atoms. The highest BCUT2D eigenvalue weighted by Crippen LogP contribution is 2.18. The number of ketones is 1. The van der Waals surface area contributed by atoms with E-state index in [9.17, 15) is 9.59 Å². The Labute approximate surface area is 149 Å². The molecule has 0 N–H and O–H groups in total. The van der Waals surface area contributed by atoms with Gasteiger partial charge in [0.05, 0.1) is 11.3 Å². The van der Waals surface area contributed by atoms with Crippen LogP contribution < -0.4 is 0 Å². The molecule has 0 aliphatic rings. The van der Waals surface area contributed by atoms with Crippen LogP contribution in [0.1, 0.15) is 33.3 Å². The Morgan fingerprint density at radius 1 is 1.20 bits per heavy atom. The molecule has 6 nitrogen and oxygen atoms in total. The third kappa shape index (κ3) is 3.39. The summed E-state index contributed by atoms with van der Waals surface area (Å²) in [5.74, 6) is -0.899. The highest BCUT2D eigenvalue weighted by Gasteiger charge is 2.21. The lowest BCUT2D eigenvalue weighted by Crippen LogP contribution is -2.24. The van der Waals surface area contributed by atoms with Crippen molar-refractivity contribution in [2.75, 3.05) is 0 Å². The molecule has 128 valence electrons. The van der Waals surface area contributed by atoms with E-state index in [4.69, 9.17) is 16.3 Å². The van der Waals surface area contributed by atoms with E-state index in [-0.39, 0.29) is 11.3 Å². The van der Waals surface area contributed by atoms with Crippen molar-refractivity contribution in [2.45, 2.75) is 20.0 Å². The number of hydrogen-bond acceptors (Lipinski definition) is 5. The maximum Gasteiger partial charge on any atom is 0.340 e. The number of fused-ring (bicyclic) bond motifs is 1. The van der Waals surface area contributed by atoms with Crippen molar-refractivity contribution in [2.24, 2.45) is 7.05 Å². The number of rotatable bonds is 4. The van der Waals surface area contributed by atoms with Gasteiger partial charge in [-0.05, 0) is 44.2 Å². The molecule has 7 heteroatoms. The molecule has 0 fully saturated rings.